The minimum absolute atomic E-state index is 0.260. The number of amides is 2. The lowest BCUT2D eigenvalue weighted by atomic mass is 10.00. The van der Waals surface area contributed by atoms with Crippen LogP contribution in [0.5, 0.6) is 0 Å². The summed E-state index contributed by atoms with van der Waals surface area (Å²) in [6, 6.07) is 14.9. The molecule has 6 nitrogen and oxygen atoms in total. The van der Waals surface area contributed by atoms with Gasteiger partial charge in [0.15, 0.2) is 0 Å². The van der Waals surface area contributed by atoms with Crippen LogP contribution in [0.2, 0.25) is 0 Å². The number of rotatable bonds is 3. The van der Waals surface area contributed by atoms with Crippen molar-refractivity contribution in [2.24, 2.45) is 0 Å². The van der Waals surface area contributed by atoms with Gasteiger partial charge in [-0.05, 0) is 77.9 Å². The molecule has 0 fully saturated rings. The molecule has 0 spiro atoms. The van der Waals surface area contributed by atoms with Crippen molar-refractivity contribution in [1.29, 1.82) is 0 Å². The SMILES string of the molecule is Cc1ccc([C@H]2Nc3ccc(I)cc3C(=O)N2NC(=O)c2ccncc2)c(C)c1. The molecule has 7 heteroatoms. The summed E-state index contributed by atoms with van der Waals surface area (Å²) in [5, 5.41) is 4.79. The van der Waals surface area contributed by atoms with E-state index >= 15 is 0 Å². The highest BCUT2D eigenvalue weighted by Gasteiger charge is 2.35. The molecule has 0 saturated carbocycles. The Kier molecular flexibility index (Phi) is 5.23. The molecular formula is C22H19IN4O2. The van der Waals surface area contributed by atoms with Gasteiger partial charge in [-0.15, -0.1) is 0 Å². The van der Waals surface area contributed by atoms with Gasteiger partial charge in [-0.3, -0.25) is 20.0 Å². The van der Waals surface area contributed by atoms with Gasteiger partial charge in [0.2, 0.25) is 0 Å². The van der Waals surface area contributed by atoms with Crippen LogP contribution in [0.25, 0.3) is 0 Å². The van der Waals surface area contributed by atoms with Crippen LogP contribution in [0, 0.1) is 17.4 Å². The maximum absolute atomic E-state index is 13.4. The minimum Gasteiger partial charge on any atom is -0.359 e. The Bertz CT molecular complexity index is 1100. The first-order valence-corrected chi connectivity index (χ1v) is 10.2. The van der Waals surface area contributed by atoms with E-state index in [9.17, 15) is 9.59 Å². The topological polar surface area (TPSA) is 74.3 Å². The summed E-state index contributed by atoms with van der Waals surface area (Å²) in [5.41, 5.74) is 7.57. The molecule has 146 valence electrons. The van der Waals surface area contributed by atoms with Crippen molar-refractivity contribution in [2.75, 3.05) is 5.32 Å². The summed E-state index contributed by atoms with van der Waals surface area (Å²) < 4.78 is 0.946. The molecule has 1 aliphatic rings. The molecule has 2 amide bonds. The summed E-state index contributed by atoms with van der Waals surface area (Å²) in [4.78, 5) is 30.1. The van der Waals surface area contributed by atoms with Gasteiger partial charge in [-0.25, -0.2) is 5.01 Å². The van der Waals surface area contributed by atoms with Crippen LogP contribution in [0.15, 0.2) is 60.9 Å². The normalized spacial score (nSPS) is 15.5. The number of hydrazine groups is 1. The fourth-order valence-electron chi connectivity index (χ4n) is 3.42. The van der Waals surface area contributed by atoms with Gasteiger partial charge in [-0.2, -0.15) is 0 Å². The lowest BCUT2D eigenvalue weighted by Gasteiger charge is -2.38. The van der Waals surface area contributed by atoms with E-state index in [-0.39, 0.29) is 11.8 Å². The minimum atomic E-state index is -0.526. The van der Waals surface area contributed by atoms with E-state index in [0.29, 0.717) is 11.1 Å². The molecule has 2 heterocycles. The molecule has 29 heavy (non-hydrogen) atoms. The van der Waals surface area contributed by atoms with Gasteiger partial charge in [0.05, 0.1) is 5.56 Å². The van der Waals surface area contributed by atoms with Crippen LogP contribution in [0.3, 0.4) is 0 Å². The second kappa shape index (κ2) is 7.82. The fourth-order valence-corrected chi connectivity index (χ4v) is 3.91. The van der Waals surface area contributed by atoms with E-state index < -0.39 is 6.17 Å². The van der Waals surface area contributed by atoms with Crippen molar-refractivity contribution in [3.05, 3.63) is 92.3 Å². The Balaban J connectivity index is 1.77. The molecule has 1 aliphatic heterocycles. The molecule has 4 rings (SSSR count). The molecule has 0 saturated heterocycles. The van der Waals surface area contributed by atoms with Crippen LogP contribution in [0.4, 0.5) is 5.69 Å². The number of aryl methyl sites for hydroxylation is 2. The van der Waals surface area contributed by atoms with Gasteiger partial charge in [0.25, 0.3) is 11.8 Å². The summed E-state index contributed by atoms with van der Waals surface area (Å²) >= 11 is 2.17. The summed E-state index contributed by atoms with van der Waals surface area (Å²) in [6.07, 6.45) is 2.57. The predicted molar refractivity (Wildman–Crippen MR) is 119 cm³/mol. The van der Waals surface area contributed by atoms with Crippen LogP contribution < -0.4 is 10.7 Å². The summed E-state index contributed by atoms with van der Waals surface area (Å²) in [5.74, 6) is -0.629. The van der Waals surface area contributed by atoms with Gasteiger partial charge >= 0.3 is 0 Å². The lowest BCUT2D eigenvalue weighted by Crippen LogP contribution is -2.53. The first kappa shape index (κ1) is 19.4. The van der Waals surface area contributed by atoms with Crippen LogP contribution >= 0.6 is 22.6 Å². The number of benzene rings is 2. The maximum Gasteiger partial charge on any atom is 0.276 e. The van der Waals surface area contributed by atoms with E-state index in [1.165, 1.54) is 5.01 Å². The molecular weight excluding hydrogens is 479 g/mol. The number of anilines is 1. The molecule has 1 atom stereocenters. The number of hydrogen-bond donors (Lipinski definition) is 2. The maximum atomic E-state index is 13.4. The molecule has 0 aliphatic carbocycles. The zero-order valence-electron chi connectivity index (χ0n) is 15.9. The lowest BCUT2D eigenvalue weighted by molar-refractivity contribution is 0.0490. The average Bonchev–Trinajstić information content (AvgIpc) is 2.71. The Labute approximate surface area is 182 Å². The third-order valence-electron chi connectivity index (χ3n) is 4.87. The Morgan fingerprint density at radius 3 is 2.59 bits per heavy atom. The van der Waals surface area contributed by atoms with Crippen LogP contribution in [-0.4, -0.2) is 21.8 Å². The standard InChI is InChI=1S/C22H19IN4O2/c1-13-3-5-17(14(2)11-13)20-25-19-6-4-16(23)12-18(19)22(29)27(20)26-21(28)15-7-9-24-10-8-15/h3-12,20,25H,1-2H3,(H,26,28)/t20-/m0/s1. The van der Waals surface area contributed by atoms with Gasteiger partial charge in [0.1, 0.15) is 6.17 Å². The summed E-state index contributed by atoms with van der Waals surface area (Å²) in [6.45, 7) is 4.03. The van der Waals surface area contributed by atoms with Crippen molar-refractivity contribution in [3.63, 3.8) is 0 Å². The van der Waals surface area contributed by atoms with Crippen molar-refractivity contribution < 1.29 is 9.59 Å². The molecule has 2 aromatic carbocycles. The number of nitrogens with one attached hydrogen (secondary N) is 2. The third kappa shape index (κ3) is 3.82. The van der Waals surface area contributed by atoms with Crippen molar-refractivity contribution in [2.45, 2.75) is 20.0 Å². The Hall–Kier alpha value is -2.94. The monoisotopic (exact) mass is 498 g/mol. The van der Waals surface area contributed by atoms with Gasteiger partial charge < -0.3 is 5.32 Å². The number of pyridine rings is 1. The quantitative estimate of drug-likeness (QED) is 0.531. The van der Waals surface area contributed by atoms with Crippen molar-refractivity contribution in [3.8, 4) is 0 Å². The molecule has 2 N–H and O–H groups in total. The predicted octanol–water partition coefficient (Wildman–Crippen LogP) is 4.21. The fraction of sp³-hybridized carbons (Fsp3) is 0.136. The van der Waals surface area contributed by atoms with Crippen molar-refractivity contribution >= 4 is 40.1 Å². The number of aromatic nitrogens is 1. The Morgan fingerprint density at radius 2 is 1.86 bits per heavy atom. The van der Waals surface area contributed by atoms with E-state index in [0.717, 1.165) is 25.9 Å². The molecule has 0 radical (unpaired) electrons. The number of carbonyl (C=O) groups excluding carboxylic acids is 2. The zero-order valence-corrected chi connectivity index (χ0v) is 18.1. The van der Waals surface area contributed by atoms with Gasteiger partial charge in [0, 0.05) is 27.2 Å². The summed E-state index contributed by atoms with van der Waals surface area (Å²) in [7, 11) is 0. The highest BCUT2D eigenvalue weighted by molar-refractivity contribution is 14.1. The van der Waals surface area contributed by atoms with E-state index in [1.807, 2.05) is 44.2 Å². The molecule has 0 unspecified atom stereocenters. The second-order valence-corrected chi connectivity index (χ2v) is 8.19. The molecule has 0 bridgehead atoms. The smallest absolute Gasteiger partial charge is 0.276 e. The van der Waals surface area contributed by atoms with E-state index in [2.05, 4.69) is 44.4 Å². The number of carbonyl (C=O) groups is 2. The molecule has 3 aromatic rings. The Morgan fingerprint density at radius 1 is 1.10 bits per heavy atom. The highest BCUT2D eigenvalue weighted by Crippen LogP contribution is 2.34. The number of halogens is 1. The van der Waals surface area contributed by atoms with E-state index in [4.69, 9.17) is 0 Å². The highest BCUT2D eigenvalue weighted by atomic mass is 127. The van der Waals surface area contributed by atoms with Crippen molar-refractivity contribution in [1.82, 2.24) is 15.4 Å². The second-order valence-electron chi connectivity index (χ2n) is 6.95. The third-order valence-corrected chi connectivity index (χ3v) is 5.54. The molecule has 1 aromatic heterocycles. The first-order chi connectivity index (χ1) is 13.9. The average molecular weight is 498 g/mol. The first-order valence-electron chi connectivity index (χ1n) is 9.12. The number of nitrogens with zero attached hydrogens (tertiary/aromatic N) is 2. The van der Waals surface area contributed by atoms with E-state index in [1.54, 1.807) is 24.5 Å². The van der Waals surface area contributed by atoms with Gasteiger partial charge in [-0.1, -0.05) is 23.8 Å². The largest absolute Gasteiger partial charge is 0.359 e. The number of fused-ring (bicyclic) bond motifs is 1. The van der Waals surface area contributed by atoms with Crippen LogP contribution in [0.1, 0.15) is 43.6 Å². The van der Waals surface area contributed by atoms with Crippen LogP contribution in [-0.2, 0) is 0 Å². The number of hydrogen-bond acceptors (Lipinski definition) is 4. The zero-order chi connectivity index (χ0) is 20.5.